The van der Waals surface area contributed by atoms with Crippen LogP contribution in [0.1, 0.15) is 46.0 Å². The molecule has 0 fully saturated rings. The van der Waals surface area contributed by atoms with Gasteiger partial charge >= 0.3 is 5.97 Å². The normalized spacial score (nSPS) is 10.3. The van der Waals surface area contributed by atoms with E-state index in [0.29, 0.717) is 6.54 Å². The maximum absolute atomic E-state index is 11.9. The van der Waals surface area contributed by atoms with Gasteiger partial charge in [-0.15, -0.1) is 0 Å². The molecule has 0 aliphatic heterocycles. The van der Waals surface area contributed by atoms with Gasteiger partial charge in [0, 0.05) is 19.6 Å². The van der Waals surface area contributed by atoms with Crippen LogP contribution in [0.25, 0.3) is 0 Å². The fourth-order valence-electron chi connectivity index (χ4n) is 1.56. The second kappa shape index (κ2) is 11.0. The van der Waals surface area contributed by atoms with E-state index in [1.165, 1.54) is 0 Å². The highest BCUT2D eigenvalue weighted by Gasteiger charge is 2.11. The van der Waals surface area contributed by atoms with Crippen LogP contribution in [0, 0.1) is 0 Å². The molecular weight excluding hydrogens is 232 g/mol. The fraction of sp³-hybridized carbons (Fsp3) is 0.846. The minimum Gasteiger partial charge on any atom is -0.481 e. The molecule has 5 heteroatoms. The van der Waals surface area contributed by atoms with Crippen LogP contribution < -0.4 is 5.32 Å². The van der Waals surface area contributed by atoms with E-state index in [2.05, 4.69) is 19.2 Å². The smallest absolute Gasteiger partial charge is 0.304 e. The molecule has 5 nitrogen and oxygen atoms in total. The number of carboxylic acids is 1. The second-order valence-electron chi connectivity index (χ2n) is 4.41. The molecule has 0 aromatic carbocycles. The minimum absolute atomic E-state index is 0.0528. The first-order valence-electron chi connectivity index (χ1n) is 6.82. The molecule has 0 rings (SSSR count). The Balaban J connectivity index is 3.91. The average Bonchev–Trinajstić information content (AvgIpc) is 2.34. The third-order valence-electron chi connectivity index (χ3n) is 2.71. The van der Waals surface area contributed by atoms with E-state index in [-0.39, 0.29) is 18.9 Å². The Labute approximate surface area is 110 Å². The number of unbranched alkanes of at least 4 members (excludes halogenated alkanes) is 2. The highest BCUT2D eigenvalue weighted by Crippen LogP contribution is 1.99. The molecule has 0 aliphatic rings. The van der Waals surface area contributed by atoms with Gasteiger partial charge in [0.2, 0.25) is 5.91 Å². The lowest BCUT2D eigenvalue weighted by molar-refractivity contribution is -0.137. The summed E-state index contributed by atoms with van der Waals surface area (Å²) >= 11 is 0. The fourth-order valence-corrected chi connectivity index (χ4v) is 1.56. The van der Waals surface area contributed by atoms with Crippen LogP contribution in [0.4, 0.5) is 0 Å². The average molecular weight is 258 g/mol. The van der Waals surface area contributed by atoms with Crippen molar-refractivity contribution in [3.63, 3.8) is 0 Å². The molecule has 0 saturated heterocycles. The number of nitrogens with one attached hydrogen (secondary N) is 1. The monoisotopic (exact) mass is 258 g/mol. The van der Waals surface area contributed by atoms with Crippen molar-refractivity contribution < 1.29 is 14.7 Å². The standard InChI is InChI=1S/C13H26N2O3/c1-3-5-9-15(10-6-4-2)12(16)11-14-8-7-13(17)18/h14H,3-11H2,1-2H3,(H,17,18). The maximum atomic E-state index is 11.9. The van der Waals surface area contributed by atoms with Gasteiger partial charge in [0.15, 0.2) is 0 Å². The lowest BCUT2D eigenvalue weighted by Gasteiger charge is -2.22. The number of aliphatic carboxylic acids is 1. The molecule has 0 spiro atoms. The van der Waals surface area contributed by atoms with Gasteiger partial charge in [-0.3, -0.25) is 9.59 Å². The van der Waals surface area contributed by atoms with Gasteiger partial charge in [0.25, 0.3) is 0 Å². The molecule has 1 amide bonds. The van der Waals surface area contributed by atoms with Gasteiger partial charge in [-0.25, -0.2) is 0 Å². The Hall–Kier alpha value is -1.10. The Morgan fingerprint density at radius 3 is 2.11 bits per heavy atom. The summed E-state index contributed by atoms with van der Waals surface area (Å²) in [4.78, 5) is 24.1. The van der Waals surface area contributed by atoms with Crippen molar-refractivity contribution in [2.24, 2.45) is 0 Å². The molecular formula is C13H26N2O3. The zero-order valence-corrected chi connectivity index (χ0v) is 11.6. The van der Waals surface area contributed by atoms with E-state index in [9.17, 15) is 9.59 Å². The molecule has 0 bridgehead atoms. The summed E-state index contributed by atoms with van der Waals surface area (Å²) in [6.45, 7) is 6.39. The van der Waals surface area contributed by atoms with Gasteiger partial charge in [0.05, 0.1) is 13.0 Å². The van der Waals surface area contributed by atoms with E-state index >= 15 is 0 Å². The lowest BCUT2D eigenvalue weighted by atomic mass is 10.2. The zero-order chi connectivity index (χ0) is 13.8. The third kappa shape index (κ3) is 8.98. The van der Waals surface area contributed by atoms with E-state index in [1.807, 2.05) is 4.90 Å². The maximum Gasteiger partial charge on any atom is 0.304 e. The minimum atomic E-state index is -0.844. The first-order chi connectivity index (χ1) is 8.61. The van der Waals surface area contributed by atoms with Crippen LogP contribution in [0.5, 0.6) is 0 Å². The van der Waals surface area contributed by atoms with Crippen molar-refractivity contribution in [3.05, 3.63) is 0 Å². The van der Waals surface area contributed by atoms with Crippen molar-refractivity contribution in [3.8, 4) is 0 Å². The van der Waals surface area contributed by atoms with Gasteiger partial charge in [-0.05, 0) is 12.8 Å². The van der Waals surface area contributed by atoms with E-state index in [0.717, 1.165) is 38.8 Å². The summed E-state index contributed by atoms with van der Waals surface area (Å²) in [7, 11) is 0. The molecule has 0 radical (unpaired) electrons. The number of carbonyl (C=O) groups excluding carboxylic acids is 1. The van der Waals surface area contributed by atoms with Crippen molar-refractivity contribution in [2.75, 3.05) is 26.2 Å². The number of hydrogen-bond donors (Lipinski definition) is 2. The van der Waals surface area contributed by atoms with Crippen molar-refractivity contribution >= 4 is 11.9 Å². The van der Waals surface area contributed by atoms with Crippen LogP contribution >= 0.6 is 0 Å². The van der Waals surface area contributed by atoms with Crippen LogP contribution in [0.3, 0.4) is 0 Å². The predicted molar refractivity (Wildman–Crippen MR) is 71.5 cm³/mol. The van der Waals surface area contributed by atoms with Crippen LogP contribution in [0.15, 0.2) is 0 Å². The quantitative estimate of drug-likeness (QED) is 0.551. The van der Waals surface area contributed by atoms with Gasteiger partial charge in [-0.2, -0.15) is 0 Å². The van der Waals surface area contributed by atoms with Gasteiger partial charge < -0.3 is 15.3 Å². The topological polar surface area (TPSA) is 69.6 Å². The Morgan fingerprint density at radius 1 is 1.11 bits per heavy atom. The first kappa shape index (κ1) is 16.9. The first-order valence-corrected chi connectivity index (χ1v) is 6.82. The molecule has 0 saturated carbocycles. The zero-order valence-electron chi connectivity index (χ0n) is 11.6. The van der Waals surface area contributed by atoms with Gasteiger partial charge in [-0.1, -0.05) is 26.7 Å². The van der Waals surface area contributed by atoms with E-state index in [4.69, 9.17) is 5.11 Å². The second-order valence-corrected chi connectivity index (χ2v) is 4.41. The van der Waals surface area contributed by atoms with Crippen LogP contribution in [0.2, 0.25) is 0 Å². The Kier molecular flexibility index (Phi) is 10.3. The number of carboxylic acid groups (broad SMARTS) is 1. The van der Waals surface area contributed by atoms with Crippen molar-refractivity contribution in [1.82, 2.24) is 10.2 Å². The number of carbonyl (C=O) groups is 2. The number of amides is 1. The molecule has 0 unspecified atom stereocenters. The SMILES string of the molecule is CCCCN(CCCC)C(=O)CNCCC(=O)O. The van der Waals surface area contributed by atoms with E-state index in [1.54, 1.807) is 0 Å². The van der Waals surface area contributed by atoms with Crippen LogP contribution in [-0.4, -0.2) is 48.1 Å². The number of rotatable bonds is 11. The van der Waals surface area contributed by atoms with Crippen molar-refractivity contribution in [2.45, 2.75) is 46.0 Å². The molecule has 106 valence electrons. The molecule has 0 heterocycles. The molecule has 0 aliphatic carbocycles. The van der Waals surface area contributed by atoms with Gasteiger partial charge in [0.1, 0.15) is 0 Å². The van der Waals surface area contributed by atoms with Crippen LogP contribution in [-0.2, 0) is 9.59 Å². The predicted octanol–water partition coefficient (Wildman–Crippen LogP) is 1.48. The summed E-state index contributed by atoms with van der Waals surface area (Å²) < 4.78 is 0. The number of nitrogens with zero attached hydrogens (tertiary/aromatic N) is 1. The van der Waals surface area contributed by atoms with E-state index < -0.39 is 5.97 Å². The Bertz CT molecular complexity index is 236. The largest absolute Gasteiger partial charge is 0.481 e. The summed E-state index contributed by atoms with van der Waals surface area (Å²) in [6.07, 6.45) is 4.23. The number of hydrogen-bond acceptors (Lipinski definition) is 3. The summed E-state index contributed by atoms with van der Waals surface area (Å²) in [5.41, 5.74) is 0. The Morgan fingerprint density at radius 2 is 1.67 bits per heavy atom. The third-order valence-corrected chi connectivity index (χ3v) is 2.71. The highest BCUT2D eigenvalue weighted by atomic mass is 16.4. The molecule has 0 aromatic rings. The molecule has 2 N–H and O–H groups in total. The molecule has 18 heavy (non-hydrogen) atoms. The molecule has 0 atom stereocenters. The molecule has 0 aromatic heterocycles. The summed E-state index contributed by atoms with van der Waals surface area (Å²) in [5, 5.41) is 11.4. The summed E-state index contributed by atoms with van der Waals surface area (Å²) in [5.74, 6) is -0.772. The lowest BCUT2D eigenvalue weighted by Crippen LogP contribution is -2.39. The van der Waals surface area contributed by atoms with Crippen molar-refractivity contribution in [1.29, 1.82) is 0 Å². The highest BCUT2D eigenvalue weighted by molar-refractivity contribution is 5.78. The summed E-state index contributed by atoms with van der Waals surface area (Å²) in [6, 6.07) is 0.